The first-order valence-electron chi connectivity index (χ1n) is 7.69. The molecule has 1 saturated carbocycles. The molecule has 1 heterocycles. The fraction of sp³-hybridized carbons (Fsp3) is 0.562. The number of ether oxygens (including phenoxy) is 1. The molecular weight excluding hydrogens is 345 g/mol. The van der Waals surface area contributed by atoms with Crippen molar-refractivity contribution in [1.29, 1.82) is 0 Å². The van der Waals surface area contributed by atoms with Gasteiger partial charge in [-0.15, -0.1) is 12.4 Å². The van der Waals surface area contributed by atoms with Crippen molar-refractivity contribution in [3.05, 3.63) is 24.3 Å². The molecule has 0 bridgehead atoms. The number of rotatable bonds is 4. The van der Waals surface area contributed by atoms with E-state index in [4.69, 9.17) is 4.74 Å². The molecule has 1 aliphatic carbocycles. The monoisotopic (exact) mass is 364 g/mol. The highest BCUT2D eigenvalue weighted by Crippen LogP contribution is 2.58. The van der Waals surface area contributed by atoms with Crippen LogP contribution < -0.4 is 15.4 Å². The van der Waals surface area contributed by atoms with Gasteiger partial charge < -0.3 is 15.4 Å². The Balaban J connectivity index is 0.00000208. The number of carbonyl (C=O) groups excluding carboxylic acids is 1. The molecule has 1 aliphatic heterocycles. The van der Waals surface area contributed by atoms with E-state index < -0.39 is 12.8 Å². The normalized spacial score (nSPS) is 21.7. The van der Waals surface area contributed by atoms with Gasteiger partial charge in [0.15, 0.2) is 6.61 Å². The van der Waals surface area contributed by atoms with Crippen LogP contribution in [0.4, 0.5) is 18.9 Å². The predicted octanol–water partition coefficient (Wildman–Crippen LogP) is 3.38. The lowest BCUT2D eigenvalue weighted by molar-refractivity contribution is -0.153. The van der Waals surface area contributed by atoms with Crippen LogP contribution in [-0.2, 0) is 4.79 Å². The minimum absolute atomic E-state index is 0. The van der Waals surface area contributed by atoms with Gasteiger partial charge in [-0.1, -0.05) is 6.07 Å². The summed E-state index contributed by atoms with van der Waals surface area (Å²) < 4.78 is 41.2. The maximum absolute atomic E-state index is 12.3. The van der Waals surface area contributed by atoms with E-state index in [0.29, 0.717) is 5.69 Å². The van der Waals surface area contributed by atoms with E-state index in [-0.39, 0.29) is 35.4 Å². The Labute approximate surface area is 144 Å². The van der Waals surface area contributed by atoms with Crippen LogP contribution in [0.15, 0.2) is 24.3 Å². The largest absolute Gasteiger partial charge is 0.484 e. The van der Waals surface area contributed by atoms with Gasteiger partial charge in [-0.25, -0.2) is 0 Å². The summed E-state index contributed by atoms with van der Waals surface area (Å²) in [7, 11) is 0. The highest BCUT2D eigenvalue weighted by atomic mass is 35.5. The van der Waals surface area contributed by atoms with Crippen LogP contribution in [0.1, 0.15) is 19.3 Å². The van der Waals surface area contributed by atoms with Crippen LogP contribution in [0.25, 0.3) is 0 Å². The molecule has 3 rings (SSSR count). The summed E-state index contributed by atoms with van der Waals surface area (Å²) in [6.07, 6.45) is -1.49. The Kier molecular flexibility index (Phi) is 5.65. The highest BCUT2D eigenvalue weighted by Gasteiger charge is 2.57. The molecule has 134 valence electrons. The van der Waals surface area contributed by atoms with Crippen LogP contribution in [0.3, 0.4) is 0 Å². The number of nitrogens with one attached hydrogen (secondary N) is 2. The van der Waals surface area contributed by atoms with Crippen molar-refractivity contribution >= 4 is 24.0 Å². The van der Waals surface area contributed by atoms with Crippen molar-refractivity contribution in [2.75, 3.05) is 25.0 Å². The van der Waals surface area contributed by atoms with Crippen LogP contribution in [-0.4, -0.2) is 31.8 Å². The predicted molar refractivity (Wildman–Crippen MR) is 86.5 cm³/mol. The lowest BCUT2D eigenvalue weighted by Gasteiger charge is -2.23. The molecular formula is C16H20ClF3N2O2. The molecule has 2 aliphatic rings. The summed E-state index contributed by atoms with van der Waals surface area (Å²) in [6, 6.07) is 6.07. The lowest BCUT2D eigenvalue weighted by atomic mass is 9.92. The molecule has 2 N–H and O–H groups in total. The van der Waals surface area contributed by atoms with E-state index in [9.17, 15) is 18.0 Å². The second kappa shape index (κ2) is 7.19. The van der Waals surface area contributed by atoms with Crippen molar-refractivity contribution < 1.29 is 22.7 Å². The van der Waals surface area contributed by atoms with E-state index in [1.54, 1.807) is 12.1 Å². The quantitative estimate of drug-likeness (QED) is 0.861. The molecule has 0 radical (unpaired) electrons. The average molecular weight is 365 g/mol. The number of carbonyl (C=O) groups is 1. The maximum atomic E-state index is 12.3. The van der Waals surface area contributed by atoms with Gasteiger partial charge in [0.05, 0.1) is 0 Å². The first-order chi connectivity index (χ1) is 10.9. The Morgan fingerprint density at radius 2 is 2.04 bits per heavy atom. The van der Waals surface area contributed by atoms with E-state index >= 15 is 0 Å². The third kappa shape index (κ3) is 4.54. The highest BCUT2D eigenvalue weighted by molar-refractivity contribution is 5.95. The SMILES string of the molecule is Cl.O=C(Nc1cccc(OCC(F)(F)F)c1)C1CC12CCNCC2. The maximum Gasteiger partial charge on any atom is 0.422 e. The molecule has 1 unspecified atom stereocenters. The Hall–Kier alpha value is -1.47. The number of anilines is 1. The molecule has 2 fully saturated rings. The van der Waals surface area contributed by atoms with Gasteiger partial charge in [0.2, 0.25) is 5.91 Å². The Morgan fingerprint density at radius 3 is 2.71 bits per heavy atom. The summed E-state index contributed by atoms with van der Waals surface area (Å²) in [6.45, 7) is 0.526. The fourth-order valence-electron chi connectivity index (χ4n) is 3.25. The van der Waals surface area contributed by atoms with Crippen LogP contribution in [0, 0.1) is 11.3 Å². The fourth-order valence-corrected chi connectivity index (χ4v) is 3.25. The van der Waals surface area contributed by atoms with Gasteiger partial charge in [0, 0.05) is 17.7 Å². The summed E-state index contributed by atoms with van der Waals surface area (Å²) in [4.78, 5) is 12.3. The van der Waals surface area contributed by atoms with Crippen molar-refractivity contribution in [2.45, 2.75) is 25.4 Å². The number of benzene rings is 1. The molecule has 1 amide bonds. The number of alkyl halides is 3. The summed E-state index contributed by atoms with van der Waals surface area (Å²) >= 11 is 0. The Morgan fingerprint density at radius 1 is 1.33 bits per heavy atom. The lowest BCUT2D eigenvalue weighted by Crippen LogP contribution is -2.31. The summed E-state index contributed by atoms with van der Waals surface area (Å²) in [5, 5.41) is 6.08. The number of amides is 1. The summed E-state index contributed by atoms with van der Waals surface area (Å²) in [5.41, 5.74) is 0.588. The topological polar surface area (TPSA) is 50.4 Å². The van der Waals surface area contributed by atoms with E-state index in [2.05, 4.69) is 10.6 Å². The summed E-state index contributed by atoms with van der Waals surface area (Å²) in [5.74, 6) is 0.0386. The minimum atomic E-state index is -4.38. The second-order valence-electron chi connectivity index (χ2n) is 6.29. The zero-order valence-electron chi connectivity index (χ0n) is 13.0. The van der Waals surface area contributed by atoms with E-state index in [1.165, 1.54) is 12.1 Å². The molecule has 8 heteroatoms. The van der Waals surface area contributed by atoms with Gasteiger partial charge in [0.25, 0.3) is 0 Å². The van der Waals surface area contributed by atoms with Crippen LogP contribution in [0.5, 0.6) is 5.75 Å². The van der Waals surface area contributed by atoms with Crippen LogP contribution in [0.2, 0.25) is 0 Å². The third-order valence-corrected chi connectivity index (χ3v) is 4.61. The Bertz CT molecular complexity index is 589. The van der Waals surface area contributed by atoms with Gasteiger partial charge in [-0.2, -0.15) is 13.2 Å². The molecule has 4 nitrogen and oxygen atoms in total. The van der Waals surface area contributed by atoms with Gasteiger partial charge in [-0.05, 0) is 49.9 Å². The van der Waals surface area contributed by atoms with Gasteiger partial charge in [0.1, 0.15) is 5.75 Å². The van der Waals surface area contributed by atoms with Crippen molar-refractivity contribution in [3.63, 3.8) is 0 Å². The third-order valence-electron chi connectivity index (χ3n) is 4.61. The van der Waals surface area contributed by atoms with Crippen molar-refractivity contribution in [3.8, 4) is 5.75 Å². The van der Waals surface area contributed by atoms with Crippen molar-refractivity contribution in [2.24, 2.45) is 11.3 Å². The average Bonchev–Trinajstić information content (AvgIpc) is 3.19. The first kappa shape index (κ1) is 18.9. The van der Waals surface area contributed by atoms with Crippen LogP contribution >= 0.6 is 12.4 Å². The number of hydrogen-bond donors (Lipinski definition) is 2. The first-order valence-corrected chi connectivity index (χ1v) is 7.69. The molecule has 1 aromatic carbocycles. The molecule has 1 atom stereocenters. The zero-order valence-corrected chi connectivity index (χ0v) is 13.8. The molecule has 1 saturated heterocycles. The van der Waals surface area contributed by atoms with E-state index in [1.807, 2.05) is 0 Å². The molecule has 24 heavy (non-hydrogen) atoms. The van der Waals surface area contributed by atoms with Crippen molar-refractivity contribution in [1.82, 2.24) is 5.32 Å². The molecule has 1 spiro atoms. The number of piperidine rings is 1. The zero-order chi connectivity index (χ0) is 16.5. The standard InChI is InChI=1S/C16H19F3N2O2.ClH/c17-16(18,19)10-23-12-3-1-2-11(8-12)21-14(22)13-9-15(13)4-6-20-7-5-15;/h1-3,8,13,20H,4-7,9-10H2,(H,21,22);1H. The number of hydrogen-bond acceptors (Lipinski definition) is 3. The second-order valence-corrected chi connectivity index (χ2v) is 6.29. The molecule has 1 aromatic rings. The van der Waals surface area contributed by atoms with Gasteiger partial charge >= 0.3 is 6.18 Å². The molecule has 0 aromatic heterocycles. The van der Waals surface area contributed by atoms with E-state index in [0.717, 1.165) is 32.4 Å². The number of halogens is 4. The van der Waals surface area contributed by atoms with Gasteiger partial charge in [-0.3, -0.25) is 4.79 Å². The minimum Gasteiger partial charge on any atom is -0.484 e. The smallest absolute Gasteiger partial charge is 0.422 e.